The van der Waals surface area contributed by atoms with E-state index in [0.29, 0.717) is 6.04 Å². The van der Waals surface area contributed by atoms with Gasteiger partial charge in [0.25, 0.3) is 0 Å². The van der Waals surface area contributed by atoms with Crippen LogP contribution in [0, 0.1) is 0 Å². The van der Waals surface area contributed by atoms with E-state index in [1.54, 1.807) is 0 Å². The summed E-state index contributed by atoms with van der Waals surface area (Å²) in [4.78, 5) is 10.2. The Kier molecular flexibility index (Phi) is 9.07. The topological polar surface area (TPSA) is 85.9 Å². The predicted molar refractivity (Wildman–Crippen MR) is 154 cm³/mol. The third kappa shape index (κ3) is 7.11. The van der Waals surface area contributed by atoms with Gasteiger partial charge in [-0.25, -0.2) is 9.97 Å². The van der Waals surface area contributed by atoms with Gasteiger partial charge in [-0.1, -0.05) is 60.7 Å². The van der Waals surface area contributed by atoms with Crippen LogP contribution in [0.3, 0.4) is 0 Å². The van der Waals surface area contributed by atoms with Crippen LogP contribution >= 0.6 is 0 Å². The standard InChI is InChI=1S/C30H37N7/c1-3-8-23(9-4-1)29-30(24-10-5-2-6-11-24)37-28-20-25(12-13-27(28)36-29)35-22-26-21-33-17-16-31-14-7-15-32-18-19-34-26/h1-6,8-13,20,26,31-35H,7,14-19,21-22H2. The second-order valence-corrected chi connectivity index (χ2v) is 9.45. The second kappa shape index (κ2) is 13.3. The fourth-order valence-corrected chi connectivity index (χ4v) is 4.62. The van der Waals surface area contributed by atoms with E-state index in [-0.39, 0.29) is 0 Å². The number of rotatable bonds is 5. The maximum atomic E-state index is 5.11. The molecule has 7 heteroatoms. The van der Waals surface area contributed by atoms with Gasteiger partial charge in [0.1, 0.15) is 0 Å². The molecule has 1 aliphatic heterocycles. The predicted octanol–water partition coefficient (Wildman–Crippen LogP) is 3.51. The molecular formula is C30H37N7. The molecule has 0 aliphatic carbocycles. The second-order valence-electron chi connectivity index (χ2n) is 9.45. The number of hydrogen-bond acceptors (Lipinski definition) is 7. The highest BCUT2D eigenvalue weighted by atomic mass is 15.1. The zero-order valence-electron chi connectivity index (χ0n) is 21.3. The number of nitrogens with zero attached hydrogens (tertiary/aromatic N) is 2. The largest absolute Gasteiger partial charge is 0.383 e. The minimum Gasteiger partial charge on any atom is -0.383 e. The smallest absolute Gasteiger partial charge is 0.0973 e. The van der Waals surface area contributed by atoms with Crippen molar-refractivity contribution in [2.75, 3.05) is 57.7 Å². The molecule has 4 aromatic rings. The highest BCUT2D eigenvalue weighted by molar-refractivity contribution is 5.87. The number of aromatic nitrogens is 2. The van der Waals surface area contributed by atoms with Crippen LogP contribution in [0.4, 0.5) is 5.69 Å². The molecule has 0 radical (unpaired) electrons. The maximum absolute atomic E-state index is 5.11. The molecule has 1 atom stereocenters. The van der Waals surface area contributed by atoms with Gasteiger partial charge in [0.15, 0.2) is 0 Å². The Morgan fingerprint density at radius 3 is 1.97 bits per heavy atom. The fourth-order valence-electron chi connectivity index (χ4n) is 4.62. The summed E-state index contributed by atoms with van der Waals surface area (Å²) in [6.45, 7) is 7.77. The average Bonchev–Trinajstić information content (AvgIpc) is 2.98. The summed E-state index contributed by atoms with van der Waals surface area (Å²) in [6.07, 6.45) is 1.16. The molecule has 1 aliphatic rings. The quantitative estimate of drug-likeness (QED) is 0.290. The van der Waals surface area contributed by atoms with Crippen LogP contribution in [0.5, 0.6) is 0 Å². The van der Waals surface area contributed by atoms with Gasteiger partial charge in [0.05, 0.1) is 22.4 Å². The first-order valence-electron chi connectivity index (χ1n) is 13.4. The van der Waals surface area contributed by atoms with Crippen molar-refractivity contribution in [2.24, 2.45) is 0 Å². The van der Waals surface area contributed by atoms with Gasteiger partial charge in [0, 0.05) is 62.1 Å². The number of hydrogen-bond donors (Lipinski definition) is 5. The Hall–Kier alpha value is -3.36. The lowest BCUT2D eigenvalue weighted by Crippen LogP contribution is -2.46. The van der Waals surface area contributed by atoms with Crippen molar-refractivity contribution in [3.8, 4) is 22.5 Å². The van der Waals surface area contributed by atoms with Crippen molar-refractivity contribution >= 4 is 16.7 Å². The van der Waals surface area contributed by atoms with Crippen LogP contribution in [0.15, 0.2) is 78.9 Å². The van der Waals surface area contributed by atoms with Gasteiger partial charge in [0.2, 0.25) is 0 Å². The zero-order chi connectivity index (χ0) is 25.1. The molecule has 0 amide bonds. The van der Waals surface area contributed by atoms with Gasteiger partial charge < -0.3 is 26.6 Å². The van der Waals surface area contributed by atoms with Crippen molar-refractivity contribution in [3.63, 3.8) is 0 Å². The Labute approximate surface area is 219 Å². The van der Waals surface area contributed by atoms with E-state index in [4.69, 9.17) is 9.97 Å². The van der Waals surface area contributed by atoms with Crippen LogP contribution in [0.2, 0.25) is 0 Å². The minimum absolute atomic E-state index is 0.324. The van der Waals surface area contributed by atoms with Gasteiger partial charge >= 0.3 is 0 Å². The molecular weight excluding hydrogens is 458 g/mol. The average molecular weight is 496 g/mol. The van der Waals surface area contributed by atoms with Gasteiger partial charge in [-0.15, -0.1) is 0 Å². The molecule has 1 saturated heterocycles. The highest BCUT2D eigenvalue weighted by Gasteiger charge is 2.14. The van der Waals surface area contributed by atoms with Crippen molar-refractivity contribution in [1.82, 2.24) is 31.2 Å². The molecule has 0 bridgehead atoms. The van der Waals surface area contributed by atoms with E-state index in [0.717, 1.165) is 98.0 Å². The van der Waals surface area contributed by atoms with E-state index in [1.807, 2.05) is 36.4 Å². The van der Waals surface area contributed by atoms with Gasteiger partial charge in [-0.05, 0) is 37.7 Å². The zero-order valence-corrected chi connectivity index (χ0v) is 21.3. The molecule has 7 nitrogen and oxygen atoms in total. The fraction of sp³-hybridized carbons (Fsp3) is 0.333. The van der Waals surface area contributed by atoms with Crippen molar-refractivity contribution < 1.29 is 0 Å². The van der Waals surface area contributed by atoms with Gasteiger partial charge in [-0.3, -0.25) is 0 Å². The van der Waals surface area contributed by atoms with Crippen LogP contribution < -0.4 is 26.6 Å². The lowest BCUT2D eigenvalue weighted by Gasteiger charge is -2.21. The third-order valence-corrected chi connectivity index (χ3v) is 6.62. The lowest BCUT2D eigenvalue weighted by atomic mass is 10.0. The monoisotopic (exact) mass is 495 g/mol. The molecule has 2 heterocycles. The Morgan fingerprint density at radius 2 is 1.27 bits per heavy atom. The van der Waals surface area contributed by atoms with Crippen LogP contribution in [-0.4, -0.2) is 68.4 Å². The first-order valence-corrected chi connectivity index (χ1v) is 13.4. The highest BCUT2D eigenvalue weighted by Crippen LogP contribution is 2.31. The Bertz CT molecular complexity index is 1230. The van der Waals surface area contributed by atoms with Crippen LogP contribution in [-0.2, 0) is 0 Å². The molecule has 37 heavy (non-hydrogen) atoms. The summed E-state index contributed by atoms with van der Waals surface area (Å²) in [5, 5.41) is 17.9. The molecule has 0 saturated carbocycles. The van der Waals surface area contributed by atoms with Crippen molar-refractivity contribution in [2.45, 2.75) is 12.5 Å². The lowest BCUT2D eigenvalue weighted by molar-refractivity contribution is 0.484. The van der Waals surface area contributed by atoms with E-state index in [2.05, 4.69) is 69.0 Å². The molecule has 1 fully saturated rings. The Balaban J connectivity index is 1.35. The molecule has 5 rings (SSSR count). The number of nitrogens with one attached hydrogen (secondary N) is 5. The molecule has 1 unspecified atom stereocenters. The number of fused-ring (bicyclic) bond motifs is 1. The van der Waals surface area contributed by atoms with E-state index >= 15 is 0 Å². The molecule has 0 spiro atoms. The Morgan fingerprint density at radius 1 is 0.649 bits per heavy atom. The molecule has 3 aromatic carbocycles. The van der Waals surface area contributed by atoms with Crippen LogP contribution in [0.1, 0.15) is 6.42 Å². The summed E-state index contributed by atoms with van der Waals surface area (Å²) in [7, 11) is 0. The van der Waals surface area contributed by atoms with Gasteiger partial charge in [-0.2, -0.15) is 0 Å². The minimum atomic E-state index is 0.324. The molecule has 1 aromatic heterocycles. The third-order valence-electron chi connectivity index (χ3n) is 6.62. The molecule has 5 N–H and O–H groups in total. The summed E-state index contributed by atoms with van der Waals surface area (Å²) >= 11 is 0. The first-order chi connectivity index (χ1) is 18.4. The molecule has 192 valence electrons. The van der Waals surface area contributed by atoms with E-state index in [1.165, 1.54) is 0 Å². The van der Waals surface area contributed by atoms with Crippen molar-refractivity contribution in [3.05, 3.63) is 78.9 Å². The maximum Gasteiger partial charge on any atom is 0.0973 e. The number of benzene rings is 3. The summed E-state index contributed by atoms with van der Waals surface area (Å²) in [5.41, 5.74) is 6.78. The number of anilines is 1. The summed E-state index contributed by atoms with van der Waals surface area (Å²) < 4.78 is 0. The van der Waals surface area contributed by atoms with E-state index in [9.17, 15) is 0 Å². The first kappa shape index (κ1) is 25.3. The van der Waals surface area contributed by atoms with Crippen LogP contribution in [0.25, 0.3) is 33.5 Å². The summed E-state index contributed by atoms with van der Waals surface area (Å²) in [5.74, 6) is 0. The van der Waals surface area contributed by atoms with E-state index < -0.39 is 0 Å². The SMILES string of the molecule is c1ccc(-c2nc3ccc(NCC4CNCCNCCCNCCN4)cc3nc2-c2ccccc2)cc1. The normalized spacial score (nSPS) is 17.9. The van der Waals surface area contributed by atoms with Crippen molar-refractivity contribution in [1.29, 1.82) is 0 Å². The summed E-state index contributed by atoms with van der Waals surface area (Å²) in [6, 6.07) is 27.2.